The van der Waals surface area contributed by atoms with Gasteiger partial charge in [0.15, 0.2) is 0 Å². The highest BCUT2D eigenvalue weighted by Crippen LogP contribution is 2.34. The van der Waals surface area contributed by atoms with Crippen molar-refractivity contribution in [2.45, 2.75) is 24.3 Å². The van der Waals surface area contributed by atoms with Crippen molar-refractivity contribution in [2.75, 3.05) is 12.4 Å². The third kappa shape index (κ3) is 2.55. The molecule has 1 aliphatic heterocycles. The second-order valence-corrected chi connectivity index (χ2v) is 8.38. The lowest BCUT2D eigenvalue weighted by Gasteiger charge is -2.17. The summed E-state index contributed by atoms with van der Waals surface area (Å²) in [4.78, 5) is 12.9. The highest BCUT2D eigenvalue weighted by atomic mass is 32.2. The van der Waals surface area contributed by atoms with E-state index in [0.717, 1.165) is 10.4 Å². The average molecular weight is 336 g/mol. The summed E-state index contributed by atoms with van der Waals surface area (Å²) in [7, 11) is -2.01. The van der Waals surface area contributed by atoms with Crippen LogP contribution in [-0.2, 0) is 21.4 Å². The van der Waals surface area contributed by atoms with E-state index in [2.05, 4.69) is 5.32 Å². The van der Waals surface area contributed by atoms with E-state index < -0.39 is 10.0 Å². The SMILES string of the molecule is C[C@@H]1C(=O)Nc2ccc(S(=O)(=O)N(C)Cc3cccs3)cc21. The molecule has 0 saturated carbocycles. The number of amides is 1. The minimum atomic E-state index is -3.58. The molecule has 2 aromatic rings. The Morgan fingerprint density at radius 3 is 2.77 bits per heavy atom. The van der Waals surface area contributed by atoms with E-state index >= 15 is 0 Å². The van der Waals surface area contributed by atoms with Gasteiger partial charge in [-0.15, -0.1) is 11.3 Å². The van der Waals surface area contributed by atoms with E-state index in [1.54, 1.807) is 26.1 Å². The van der Waals surface area contributed by atoms with Gasteiger partial charge < -0.3 is 5.32 Å². The predicted molar refractivity (Wildman–Crippen MR) is 86.5 cm³/mol. The van der Waals surface area contributed by atoms with Crippen molar-refractivity contribution in [3.05, 3.63) is 46.2 Å². The maximum absolute atomic E-state index is 12.7. The Labute approximate surface area is 133 Å². The molecular weight excluding hydrogens is 320 g/mol. The number of anilines is 1. The molecule has 0 saturated heterocycles. The summed E-state index contributed by atoms with van der Waals surface area (Å²) in [6, 6.07) is 8.59. The molecule has 1 amide bonds. The van der Waals surface area contributed by atoms with Gasteiger partial charge in [0, 0.05) is 24.2 Å². The summed E-state index contributed by atoms with van der Waals surface area (Å²) in [5.74, 6) is -0.427. The normalized spacial score (nSPS) is 17.6. The van der Waals surface area contributed by atoms with Gasteiger partial charge in [0.2, 0.25) is 15.9 Å². The van der Waals surface area contributed by atoms with Crippen LogP contribution in [0.25, 0.3) is 0 Å². The highest BCUT2D eigenvalue weighted by molar-refractivity contribution is 7.89. The van der Waals surface area contributed by atoms with E-state index in [9.17, 15) is 13.2 Å². The molecule has 116 valence electrons. The van der Waals surface area contributed by atoms with Gasteiger partial charge in [-0.2, -0.15) is 4.31 Å². The first-order chi connectivity index (χ1) is 10.4. The number of nitrogens with zero attached hydrogens (tertiary/aromatic N) is 1. The van der Waals surface area contributed by atoms with Gasteiger partial charge in [-0.05, 0) is 42.1 Å². The number of thiophene rings is 1. The maximum atomic E-state index is 12.7. The van der Waals surface area contributed by atoms with Crippen molar-refractivity contribution in [3.63, 3.8) is 0 Å². The minimum Gasteiger partial charge on any atom is -0.325 e. The zero-order chi connectivity index (χ0) is 15.9. The number of carbonyl (C=O) groups is 1. The Morgan fingerprint density at radius 2 is 2.09 bits per heavy atom. The van der Waals surface area contributed by atoms with Crippen molar-refractivity contribution in [1.82, 2.24) is 4.31 Å². The Hall–Kier alpha value is -1.70. The lowest BCUT2D eigenvalue weighted by molar-refractivity contribution is -0.116. The van der Waals surface area contributed by atoms with Crippen molar-refractivity contribution in [2.24, 2.45) is 0 Å². The fraction of sp³-hybridized carbons (Fsp3) is 0.267. The first kappa shape index (κ1) is 15.2. The van der Waals surface area contributed by atoms with E-state index in [1.807, 2.05) is 17.5 Å². The zero-order valence-electron chi connectivity index (χ0n) is 12.2. The van der Waals surface area contributed by atoms with Gasteiger partial charge >= 0.3 is 0 Å². The smallest absolute Gasteiger partial charge is 0.243 e. The molecule has 2 heterocycles. The number of benzene rings is 1. The molecule has 1 aromatic heterocycles. The van der Waals surface area contributed by atoms with Gasteiger partial charge in [-0.25, -0.2) is 8.42 Å². The summed E-state index contributed by atoms with van der Waals surface area (Å²) in [5.41, 5.74) is 1.42. The predicted octanol–water partition coefficient (Wildman–Crippen LogP) is 2.62. The summed E-state index contributed by atoms with van der Waals surface area (Å²) in [6.45, 7) is 2.11. The Balaban J connectivity index is 1.91. The molecule has 7 heteroatoms. The number of sulfonamides is 1. The molecule has 3 rings (SSSR count). The van der Waals surface area contributed by atoms with Gasteiger partial charge in [-0.3, -0.25) is 4.79 Å². The number of carbonyl (C=O) groups excluding carboxylic acids is 1. The van der Waals surface area contributed by atoms with Crippen LogP contribution in [0.5, 0.6) is 0 Å². The molecule has 0 spiro atoms. The van der Waals surface area contributed by atoms with Crippen LogP contribution in [0.15, 0.2) is 40.6 Å². The van der Waals surface area contributed by atoms with Crippen LogP contribution in [0.3, 0.4) is 0 Å². The van der Waals surface area contributed by atoms with Crippen LogP contribution in [-0.4, -0.2) is 25.7 Å². The number of nitrogens with one attached hydrogen (secondary N) is 1. The fourth-order valence-corrected chi connectivity index (χ4v) is 4.47. The molecule has 0 unspecified atom stereocenters. The summed E-state index contributed by atoms with van der Waals surface area (Å²) < 4.78 is 26.7. The molecular formula is C15H16N2O3S2. The van der Waals surface area contributed by atoms with E-state index in [0.29, 0.717) is 12.2 Å². The second kappa shape index (κ2) is 5.49. The highest BCUT2D eigenvalue weighted by Gasteiger charge is 2.29. The molecule has 0 fully saturated rings. The number of fused-ring (bicyclic) bond motifs is 1. The third-order valence-electron chi connectivity index (χ3n) is 3.81. The summed E-state index contributed by atoms with van der Waals surface area (Å²) in [5, 5.41) is 4.67. The molecule has 1 atom stereocenters. The molecule has 0 bridgehead atoms. The van der Waals surface area contributed by atoms with Crippen molar-refractivity contribution in [3.8, 4) is 0 Å². The van der Waals surface area contributed by atoms with Gasteiger partial charge in [0.05, 0.1) is 10.8 Å². The standard InChI is InChI=1S/C15H16N2O3S2/c1-10-13-8-12(5-6-14(13)16-15(10)18)22(19,20)17(2)9-11-4-3-7-21-11/h3-8,10H,9H2,1-2H3,(H,16,18)/t10-/m0/s1. The topological polar surface area (TPSA) is 66.5 Å². The van der Waals surface area contributed by atoms with E-state index in [-0.39, 0.29) is 16.7 Å². The number of rotatable bonds is 4. The molecule has 1 aliphatic rings. The Morgan fingerprint density at radius 1 is 1.32 bits per heavy atom. The Bertz CT molecular complexity index is 813. The number of hydrogen-bond donors (Lipinski definition) is 1. The maximum Gasteiger partial charge on any atom is 0.243 e. The number of hydrogen-bond acceptors (Lipinski definition) is 4. The largest absolute Gasteiger partial charge is 0.325 e. The van der Waals surface area contributed by atoms with Crippen LogP contribution in [0.2, 0.25) is 0 Å². The fourth-order valence-electron chi connectivity index (χ4n) is 2.44. The first-order valence-corrected chi connectivity index (χ1v) is 9.15. The van der Waals surface area contributed by atoms with Gasteiger partial charge in [0.25, 0.3) is 0 Å². The third-order valence-corrected chi connectivity index (χ3v) is 6.47. The molecule has 22 heavy (non-hydrogen) atoms. The Kier molecular flexibility index (Phi) is 3.80. The van der Waals surface area contributed by atoms with E-state index in [4.69, 9.17) is 0 Å². The monoisotopic (exact) mass is 336 g/mol. The van der Waals surface area contributed by atoms with Crippen molar-refractivity contribution < 1.29 is 13.2 Å². The molecule has 1 N–H and O–H groups in total. The van der Waals surface area contributed by atoms with Crippen LogP contribution < -0.4 is 5.32 Å². The lowest BCUT2D eigenvalue weighted by Crippen LogP contribution is -2.26. The molecule has 1 aromatic carbocycles. The van der Waals surface area contributed by atoms with Gasteiger partial charge in [0.1, 0.15) is 0 Å². The van der Waals surface area contributed by atoms with Gasteiger partial charge in [-0.1, -0.05) is 6.07 Å². The van der Waals surface area contributed by atoms with Crippen LogP contribution in [0, 0.1) is 0 Å². The second-order valence-electron chi connectivity index (χ2n) is 5.30. The molecule has 0 aliphatic carbocycles. The van der Waals surface area contributed by atoms with Crippen LogP contribution in [0.4, 0.5) is 5.69 Å². The average Bonchev–Trinajstić information content (AvgIpc) is 3.08. The van der Waals surface area contributed by atoms with Crippen molar-refractivity contribution >= 4 is 33.0 Å². The molecule has 0 radical (unpaired) electrons. The van der Waals surface area contributed by atoms with E-state index in [1.165, 1.54) is 21.7 Å². The lowest BCUT2D eigenvalue weighted by atomic mass is 10.0. The van der Waals surface area contributed by atoms with Crippen LogP contribution in [0.1, 0.15) is 23.3 Å². The van der Waals surface area contributed by atoms with Crippen molar-refractivity contribution in [1.29, 1.82) is 0 Å². The van der Waals surface area contributed by atoms with Crippen LogP contribution >= 0.6 is 11.3 Å². The molecule has 5 nitrogen and oxygen atoms in total. The zero-order valence-corrected chi connectivity index (χ0v) is 13.9. The quantitative estimate of drug-likeness (QED) is 0.933. The minimum absolute atomic E-state index is 0.100. The summed E-state index contributed by atoms with van der Waals surface area (Å²) >= 11 is 1.52. The summed E-state index contributed by atoms with van der Waals surface area (Å²) in [6.07, 6.45) is 0. The first-order valence-electron chi connectivity index (χ1n) is 6.83.